The summed E-state index contributed by atoms with van der Waals surface area (Å²) in [5.74, 6) is 0.228. The standard InChI is InChI=1S/C54H38O/c1-2-15-35(16-3-1)41-22-6-7-23-44(41)53-46-25-9-8-24-45(46)52(47-32-31-38(34-49(47)53)42-27-13-18-36-17-4-5-21-40(36)42)39-20-12-19-37(33-39)43-28-14-30-51-54(43)48-26-10-11-29-50(48)55-51/h1-13,15-27,29-34,49,53H,14,28H2. The minimum atomic E-state index is 0.110. The molecule has 0 amide bonds. The molecule has 2 atom stereocenters. The zero-order valence-corrected chi connectivity index (χ0v) is 30.5. The van der Waals surface area contributed by atoms with Crippen molar-refractivity contribution in [1.82, 2.24) is 0 Å². The van der Waals surface area contributed by atoms with Crippen LogP contribution in [0.1, 0.15) is 52.1 Å². The first-order valence-electron chi connectivity index (χ1n) is 19.5. The molecule has 0 bridgehead atoms. The molecule has 260 valence electrons. The lowest BCUT2D eigenvalue weighted by Crippen LogP contribution is -2.26. The fourth-order valence-corrected chi connectivity index (χ4v) is 9.63. The Morgan fingerprint density at radius 2 is 1.16 bits per heavy atom. The molecule has 7 aromatic carbocycles. The van der Waals surface area contributed by atoms with E-state index in [0.29, 0.717) is 0 Å². The van der Waals surface area contributed by atoms with Crippen molar-refractivity contribution in [3.63, 3.8) is 0 Å². The average molecular weight is 703 g/mol. The van der Waals surface area contributed by atoms with Crippen LogP contribution in [0.5, 0.6) is 0 Å². The maximum absolute atomic E-state index is 6.37. The maximum atomic E-state index is 6.37. The van der Waals surface area contributed by atoms with Crippen molar-refractivity contribution in [1.29, 1.82) is 0 Å². The van der Waals surface area contributed by atoms with Gasteiger partial charge < -0.3 is 4.42 Å². The second-order valence-electron chi connectivity index (χ2n) is 15.0. The number of benzene rings is 7. The van der Waals surface area contributed by atoms with Crippen LogP contribution in [0.2, 0.25) is 0 Å². The van der Waals surface area contributed by atoms with Crippen LogP contribution in [-0.4, -0.2) is 0 Å². The number of hydrogen-bond donors (Lipinski definition) is 0. The average Bonchev–Trinajstić information content (AvgIpc) is 3.65. The maximum Gasteiger partial charge on any atom is 0.135 e. The van der Waals surface area contributed by atoms with Gasteiger partial charge in [-0.1, -0.05) is 176 Å². The number of rotatable bonds is 5. The van der Waals surface area contributed by atoms with Gasteiger partial charge in [0.2, 0.25) is 0 Å². The Hall–Kier alpha value is -6.70. The van der Waals surface area contributed by atoms with Crippen molar-refractivity contribution in [3.05, 3.63) is 238 Å². The second kappa shape index (κ2) is 13.0. The molecule has 8 aromatic rings. The highest BCUT2D eigenvalue weighted by atomic mass is 16.3. The summed E-state index contributed by atoms with van der Waals surface area (Å²) in [5, 5.41) is 4.99. The van der Waals surface area contributed by atoms with Crippen molar-refractivity contribution in [2.75, 3.05) is 0 Å². The topological polar surface area (TPSA) is 13.1 Å². The molecule has 3 aliphatic rings. The first-order chi connectivity index (χ1) is 27.3. The molecule has 11 rings (SSSR count). The van der Waals surface area contributed by atoms with Crippen molar-refractivity contribution in [2.45, 2.75) is 18.8 Å². The summed E-state index contributed by atoms with van der Waals surface area (Å²) in [5.41, 5.74) is 17.6. The van der Waals surface area contributed by atoms with Crippen molar-refractivity contribution in [3.8, 4) is 11.1 Å². The molecule has 0 N–H and O–H groups in total. The Labute approximate surface area is 321 Å². The third-order valence-electron chi connectivity index (χ3n) is 12.0. The Morgan fingerprint density at radius 3 is 2.05 bits per heavy atom. The molecule has 1 aromatic heterocycles. The molecule has 0 spiro atoms. The predicted molar refractivity (Wildman–Crippen MR) is 229 cm³/mol. The van der Waals surface area contributed by atoms with Crippen LogP contribution in [-0.2, 0) is 0 Å². The Balaban J connectivity index is 1.16. The van der Waals surface area contributed by atoms with E-state index >= 15 is 0 Å². The summed E-state index contributed by atoms with van der Waals surface area (Å²) in [7, 11) is 0. The third kappa shape index (κ3) is 5.22. The van der Waals surface area contributed by atoms with Crippen LogP contribution >= 0.6 is 0 Å². The van der Waals surface area contributed by atoms with E-state index in [9.17, 15) is 0 Å². The van der Waals surface area contributed by atoms with Gasteiger partial charge in [0.1, 0.15) is 11.0 Å². The van der Waals surface area contributed by atoms with E-state index in [1.807, 2.05) is 0 Å². The van der Waals surface area contributed by atoms with Crippen molar-refractivity contribution < 1.29 is 4.42 Å². The number of hydrogen-bond acceptors (Lipinski definition) is 1. The summed E-state index contributed by atoms with van der Waals surface area (Å²) in [4.78, 5) is 0. The van der Waals surface area contributed by atoms with Gasteiger partial charge in [0.05, 0.1) is 0 Å². The van der Waals surface area contributed by atoms with Gasteiger partial charge in [0.15, 0.2) is 0 Å². The summed E-state index contributed by atoms with van der Waals surface area (Å²) in [6.45, 7) is 0. The van der Waals surface area contributed by atoms with E-state index < -0.39 is 0 Å². The van der Waals surface area contributed by atoms with E-state index in [2.05, 4.69) is 194 Å². The summed E-state index contributed by atoms with van der Waals surface area (Å²) >= 11 is 0. The number of fused-ring (bicyclic) bond motifs is 6. The zero-order chi connectivity index (χ0) is 36.3. The van der Waals surface area contributed by atoms with Crippen LogP contribution in [0.4, 0.5) is 0 Å². The normalized spacial score (nSPS) is 17.4. The molecule has 1 heterocycles. The van der Waals surface area contributed by atoms with E-state index in [-0.39, 0.29) is 11.8 Å². The first kappa shape index (κ1) is 31.8. The third-order valence-corrected chi connectivity index (χ3v) is 12.0. The molecule has 0 saturated carbocycles. The molecule has 0 radical (unpaired) electrons. The Bertz CT molecular complexity index is 3040. The minimum absolute atomic E-state index is 0.110. The quantitative estimate of drug-likeness (QED) is 0.174. The lowest BCUT2D eigenvalue weighted by Gasteiger charge is -2.38. The first-order valence-corrected chi connectivity index (χ1v) is 19.5. The van der Waals surface area contributed by atoms with Crippen LogP contribution in [0.25, 0.3) is 55.7 Å². The monoisotopic (exact) mass is 702 g/mol. The summed E-state index contributed by atoms with van der Waals surface area (Å²) in [6, 6.07) is 62.4. The molecule has 0 saturated heterocycles. The number of allylic oxidation sites excluding steroid dienone is 5. The largest absolute Gasteiger partial charge is 0.456 e. The zero-order valence-electron chi connectivity index (χ0n) is 30.5. The molecule has 0 fully saturated rings. The van der Waals surface area contributed by atoms with Gasteiger partial charge in [-0.2, -0.15) is 0 Å². The van der Waals surface area contributed by atoms with Crippen molar-refractivity contribution in [2.24, 2.45) is 5.92 Å². The van der Waals surface area contributed by atoms with Crippen LogP contribution in [0, 0.1) is 5.92 Å². The van der Waals surface area contributed by atoms with Gasteiger partial charge in [0, 0.05) is 22.4 Å². The molecule has 55 heavy (non-hydrogen) atoms. The smallest absolute Gasteiger partial charge is 0.135 e. The Kier molecular flexibility index (Phi) is 7.52. The number of para-hydroxylation sites is 1. The van der Waals surface area contributed by atoms with Gasteiger partial charge in [-0.25, -0.2) is 0 Å². The fraction of sp³-hybridized carbons (Fsp3) is 0.0741. The van der Waals surface area contributed by atoms with Gasteiger partial charge in [0.25, 0.3) is 0 Å². The van der Waals surface area contributed by atoms with Gasteiger partial charge >= 0.3 is 0 Å². The van der Waals surface area contributed by atoms with Crippen molar-refractivity contribution >= 4 is 44.5 Å². The fourth-order valence-electron chi connectivity index (χ4n) is 9.63. The molecule has 1 nitrogen and oxygen atoms in total. The lowest BCUT2D eigenvalue weighted by molar-refractivity contribution is 0.571. The highest BCUT2D eigenvalue weighted by Crippen LogP contribution is 2.53. The number of furan rings is 1. The van der Waals surface area contributed by atoms with E-state index in [1.165, 1.54) is 88.2 Å². The molecule has 0 aliphatic heterocycles. The summed E-state index contributed by atoms with van der Waals surface area (Å²) in [6.07, 6.45) is 11.6. The molecular weight excluding hydrogens is 665 g/mol. The SMILES string of the molecule is C1=CC2=C(c3cccc(C4=c5c(oc6ccccc56)=CCC4)c3)c3ccccc3C(c3ccccc3-c3ccccc3)C2C=C1c1cccc2ccccc12. The summed E-state index contributed by atoms with van der Waals surface area (Å²) < 4.78 is 6.37. The van der Waals surface area contributed by atoms with Crippen LogP contribution < -0.4 is 10.6 Å². The predicted octanol–water partition coefficient (Wildman–Crippen LogP) is 12.2. The highest BCUT2D eigenvalue weighted by molar-refractivity contribution is 5.99. The van der Waals surface area contributed by atoms with Gasteiger partial charge in [-0.3, -0.25) is 0 Å². The minimum Gasteiger partial charge on any atom is -0.456 e. The van der Waals surface area contributed by atoms with Crippen LogP contribution in [0.3, 0.4) is 0 Å². The van der Waals surface area contributed by atoms with Gasteiger partial charge in [-0.15, -0.1) is 0 Å². The van der Waals surface area contributed by atoms with E-state index in [1.54, 1.807) is 0 Å². The van der Waals surface area contributed by atoms with E-state index in [0.717, 1.165) is 23.8 Å². The molecular formula is C54H38O. The Morgan fingerprint density at radius 1 is 0.509 bits per heavy atom. The van der Waals surface area contributed by atoms with E-state index in [4.69, 9.17) is 4.42 Å². The molecule has 2 unspecified atom stereocenters. The molecule has 1 heteroatoms. The molecule has 3 aliphatic carbocycles. The van der Waals surface area contributed by atoms with Gasteiger partial charge in [-0.05, 0) is 109 Å². The van der Waals surface area contributed by atoms with Crippen LogP contribution in [0.15, 0.2) is 198 Å². The highest BCUT2D eigenvalue weighted by Gasteiger charge is 2.37. The lowest BCUT2D eigenvalue weighted by atomic mass is 9.64. The second-order valence-corrected chi connectivity index (χ2v) is 15.0.